The second kappa shape index (κ2) is 9.08. The summed E-state index contributed by atoms with van der Waals surface area (Å²) in [5.74, 6) is 2.45. The van der Waals surface area contributed by atoms with Crippen molar-refractivity contribution in [2.24, 2.45) is 5.92 Å². The molecule has 1 aliphatic carbocycles. The van der Waals surface area contributed by atoms with Gasteiger partial charge in [0.1, 0.15) is 17.8 Å². The molecule has 1 atom stereocenters. The first-order valence-corrected chi connectivity index (χ1v) is 13.5. The zero-order valence-corrected chi connectivity index (χ0v) is 21.2. The molecular weight excluding hydrogens is 480 g/mol. The van der Waals surface area contributed by atoms with Crippen molar-refractivity contribution in [3.63, 3.8) is 0 Å². The van der Waals surface area contributed by atoms with Crippen LogP contribution in [-0.4, -0.2) is 31.8 Å². The summed E-state index contributed by atoms with van der Waals surface area (Å²) in [5, 5.41) is 3.10. The van der Waals surface area contributed by atoms with E-state index in [9.17, 15) is 9.59 Å². The smallest absolute Gasteiger partial charge is 0.251 e. The molecule has 0 radical (unpaired) electrons. The number of para-hydroxylation sites is 1. The molecule has 4 aliphatic rings. The maximum absolute atomic E-state index is 14.2. The van der Waals surface area contributed by atoms with Gasteiger partial charge in [0.15, 0.2) is 11.5 Å². The van der Waals surface area contributed by atoms with Gasteiger partial charge in [-0.2, -0.15) is 0 Å². The summed E-state index contributed by atoms with van der Waals surface area (Å²) in [6, 6.07) is 19.2. The van der Waals surface area contributed by atoms with Crippen LogP contribution in [0.15, 0.2) is 60.7 Å². The van der Waals surface area contributed by atoms with Crippen LogP contribution >= 0.6 is 0 Å². The van der Waals surface area contributed by atoms with Gasteiger partial charge in [-0.3, -0.25) is 9.59 Å². The summed E-state index contributed by atoms with van der Waals surface area (Å²) in [4.78, 5) is 28.7. The molecule has 7 heteroatoms. The van der Waals surface area contributed by atoms with Crippen LogP contribution in [0.3, 0.4) is 0 Å². The van der Waals surface area contributed by atoms with E-state index in [4.69, 9.17) is 14.2 Å². The van der Waals surface area contributed by atoms with Gasteiger partial charge in [0.25, 0.3) is 5.91 Å². The highest BCUT2D eigenvalue weighted by atomic mass is 16.7. The van der Waals surface area contributed by atoms with E-state index in [0.717, 1.165) is 28.9 Å². The van der Waals surface area contributed by atoms with Crippen LogP contribution < -0.4 is 24.4 Å². The molecule has 2 amide bonds. The lowest BCUT2D eigenvalue weighted by molar-refractivity contribution is -0.122. The number of ether oxygens (including phenoxy) is 3. The lowest BCUT2D eigenvalue weighted by Gasteiger charge is -2.23. The molecule has 0 bridgehead atoms. The van der Waals surface area contributed by atoms with Gasteiger partial charge >= 0.3 is 0 Å². The molecule has 1 unspecified atom stereocenters. The summed E-state index contributed by atoms with van der Waals surface area (Å²) < 4.78 is 17.2. The third kappa shape index (κ3) is 3.63. The molecule has 0 aromatic heterocycles. The van der Waals surface area contributed by atoms with Crippen LogP contribution in [0.25, 0.3) is 0 Å². The number of carbonyl (C=O) groups is 2. The number of anilines is 1. The van der Waals surface area contributed by atoms with Gasteiger partial charge in [-0.15, -0.1) is 0 Å². The molecule has 1 fully saturated rings. The number of rotatable bonds is 5. The highest BCUT2D eigenvalue weighted by Crippen LogP contribution is 2.55. The van der Waals surface area contributed by atoms with Gasteiger partial charge < -0.3 is 24.4 Å². The number of nitrogens with one attached hydrogen (secondary N) is 1. The zero-order valence-electron chi connectivity index (χ0n) is 21.2. The van der Waals surface area contributed by atoms with E-state index in [1.807, 2.05) is 65.6 Å². The maximum Gasteiger partial charge on any atom is 0.251 e. The third-order valence-corrected chi connectivity index (χ3v) is 8.48. The van der Waals surface area contributed by atoms with Crippen molar-refractivity contribution < 1.29 is 23.8 Å². The first kappa shape index (κ1) is 23.1. The van der Waals surface area contributed by atoms with Crippen LogP contribution in [0.5, 0.6) is 17.2 Å². The maximum atomic E-state index is 14.2. The van der Waals surface area contributed by atoms with Crippen LogP contribution in [-0.2, 0) is 16.8 Å². The van der Waals surface area contributed by atoms with Crippen LogP contribution in [0.4, 0.5) is 5.69 Å². The average molecular weight is 511 g/mol. The van der Waals surface area contributed by atoms with Gasteiger partial charge in [0.2, 0.25) is 12.7 Å². The van der Waals surface area contributed by atoms with E-state index in [2.05, 4.69) is 5.32 Å². The van der Waals surface area contributed by atoms with Crippen molar-refractivity contribution in [2.45, 2.75) is 44.1 Å². The van der Waals surface area contributed by atoms with Crippen LogP contribution in [0.1, 0.15) is 59.2 Å². The molecule has 0 saturated heterocycles. The highest BCUT2D eigenvalue weighted by molar-refractivity contribution is 6.11. The second-order valence-corrected chi connectivity index (χ2v) is 10.7. The first-order chi connectivity index (χ1) is 18.6. The molecule has 3 aromatic rings. The fourth-order valence-electron chi connectivity index (χ4n) is 6.40. The van der Waals surface area contributed by atoms with Gasteiger partial charge in [-0.1, -0.05) is 49.6 Å². The zero-order chi connectivity index (χ0) is 25.7. The molecule has 3 aliphatic heterocycles. The molecule has 7 rings (SSSR count). The van der Waals surface area contributed by atoms with Crippen molar-refractivity contribution >= 4 is 17.5 Å². The summed E-state index contributed by atoms with van der Waals surface area (Å²) >= 11 is 0. The minimum atomic E-state index is -0.925. The van der Waals surface area contributed by atoms with Gasteiger partial charge in [-0.05, 0) is 54.2 Å². The topological polar surface area (TPSA) is 77.1 Å². The van der Waals surface area contributed by atoms with Crippen molar-refractivity contribution in [3.8, 4) is 17.2 Å². The molecule has 1 spiro atoms. The van der Waals surface area contributed by atoms with Crippen LogP contribution in [0.2, 0.25) is 0 Å². The average Bonchev–Trinajstić information content (AvgIpc) is 3.64. The van der Waals surface area contributed by atoms with E-state index in [1.54, 1.807) is 0 Å². The quantitative estimate of drug-likeness (QED) is 0.526. The largest absolute Gasteiger partial charge is 0.491 e. The molecule has 7 nitrogen and oxygen atoms in total. The molecule has 38 heavy (non-hydrogen) atoms. The number of benzene rings is 3. The molecule has 1 saturated carbocycles. The number of hydrogen-bond donors (Lipinski definition) is 1. The number of hydrogen-bond acceptors (Lipinski definition) is 5. The lowest BCUT2D eigenvalue weighted by atomic mass is 9.77. The van der Waals surface area contributed by atoms with E-state index in [0.29, 0.717) is 35.3 Å². The monoisotopic (exact) mass is 510 g/mol. The summed E-state index contributed by atoms with van der Waals surface area (Å²) in [6.45, 7) is 1.54. The fraction of sp³-hybridized carbons (Fsp3) is 0.355. The first-order valence-electron chi connectivity index (χ1n) is 13.5. The van der Waals surface area contributed by atoms with Crippen molar-refractivity contribution in [2.75, 3.05) is 24.8 Å². The van der Waals surface area contributed by atoms with Crippen molar-refractivity contribution in [1.82, 2.24) is 5.32 Å². The Morgan fingerprint density at radius 3 is 2.47 bits per heavy atom. The Hall–Kier alpha value is -4.00. The van der Waals surface area contributed by atoms with Gasteiger partial charge in [0, 0.05) is 29.4 Å². The summed E-state index contributed by atoms with van der Waals surface area (Å²) in [5.41, 5.74) is 3.29. The minimum absolute atomic E-state index is 0.0226. The fourth-order valence-corrected chi connectivity index (χ4v) is 6.40. The Morgan fingerprint density at radius 1 is 0.895 bits per heavy atom. The number of fused-ring (bicyclic) bond motifs is 5. The Morgan fingerprint density at radius 2 is 1.66 bits per heavy atom. The molecule has 1 N–H and O–H groups in total. The van der Waals surface area contributed by atoms with E-state index in [-0.39, 0.29) is 25.2 Å². The lowest BCUT2D eigenvalue weighted by Crippen LogP contribution is -2.42. The predicted octanol–water partition coefficient (Wildman–Crippen LogP) is 4.95. The van der Waals surface area contributed by atoms with E-state index < -0.39 is 5.41 Å². The van der Waals surface area contributed by atoms with E-state index >= 15 is 0 Å². The SMILES string of the molecule is O=C(NCC1CCCCC1)c1ccc(CN2C(=O)C3(COc4cc5c(cc43)OCO5)c3ccccc32)cc1. The molecular formula is C31H30N2O5. The molecule has 194 valence electrons. The Bertz CT molecular complexity index is 1410. The third-order valence-electron chi connectivity index (χ3n) is 8.48. The normalized spacial score (nSPS) is 21.4. The highest BCUT2D eigenvalue weighted by Gasteiger charge is 2.57. The number of nitrogens with zero attached hydrogens (tertiary/aromatic N) is 1. The predicted molar refractivity (Wildman–Crippen MR) is 142 cm³/mol. The standard InChI is InChI=1S/C31H30N2O5/c34-29(32-16-20-6-2-1-3-7-20)22-12-10-21(11-13-22)17-33-25-9-5-4-8-23(25)31(30(33)35)18-36-26-15-28-27(14-24(26)31)37-19-38-28/h4-5,8-15,20H,1-3,6-7,16-19H2,(H,32,34). The minimum Gasteiger partial charge on any atom is -0.491 e. The molecule has 3 heterocycles. The second-order valence-electron chi connectivity index (χ2n) is 10.7. The summed E-state index contributed by atoms with van der Waals surface area (Å²) in [7, 11) is 0. The van der Waals surface area contributed by atoms with Crippen molar-refractivity contribution in [3.05, 3.63) is 82.9 Å². The summed E-state index contributed by atoms with van der Waals surface area (Å²) in [6.07, 6.45) is 6.23. The Kier molecular flexibility index (Phi) is 5.53. The van der Waals surface area contributed by atoms with E-state index in [1.165, 1.54) is 32.1 Å². The Labute approximate surface area is 221 Å². The Balaban J connectivity index is 1.12. The van der Waals surface area contributed by atoms with Gasteiger partial charge in [-0.25, -0.2) is 0 Å². The van der Waals surface area contributed by atoms with Crippen LogP contribution in [0, 0.1) is 5.92 Å². The van der Waals surface area contributed by atoms with Crippen molar-refractivity contribution in [1.29, 1.82) is 0 Å². The van der Waals surface area contributed by atoms with Gasteiger partial charge in [0.05, 0.1) is 6.54 Å². The number of amides is 2. The molecule has 3 aromatic carbocycles. The number of carbonyl (C=O) groups excluding carboxylic acids is 2.